The zero-order chi connectivity index (χ0) is 18.8. The number of hydrogen-bond donors (Lipinski definition) is 1. The van der Waals surface area contributed by atoms with Crippen molar-refractivity contribution < 1.29 is 9.21 Å². The van der Waals surface area contributed by atoms with E-state index < -0.39 is 0 Å². The number of aromatic nitrogens is 1. The van der Waals surface area contributed by atoms with Gasteiger partial charge >= 0.3 is 0 Å². The van der Waals surface area contributed by atoms with Gasteiger partial charge < -0.3 is 9.73 Å². The standard InChI is InChI=1S/C22H17ClN2O2/c1-14-17(23)8-5-9-18(14)25-22(26)16-10-11-19-20(13-16)27-21(24-19)12-15-6-3-2-4-7-15/h2-11,13H,12H2,1H3,(H,25,26). The lowest BCUT2D eigenvalue weighted by atomic mass is 10.1. The quantitative estimate of drug-likeness (QED) is 0.502. The Balaban J connectivity index is 1.57. The Bertz CT molecular complexity index is 1120. The number of carbonyl (C=O) groups excluding carboxylic acids is 1. The molecular formula is C22H17ClN2O2. The highest BCUT2D eigenvalue weighted by molar-refractivity contribution is 6.31. The summed E-state index contributed by atoms with van der Waals surface area (Å²) in [6, 6.07) is 20.7. The van der Waals surface area contributed by atoms with Crippen LogP contribution in [0.15, 0.2) is 71.1 Å². The van der Waals surface area contributed by atoms with E-state index in [1.165, 1.54) is 0 Å². The Labute approximate surface area is 161 Å². The molecule has 4 aromatic rings. The van der Waals surface area contributed by atoms with Crippen molar-refractivity contribution in [3.05, 3.63) is 94.3 Å². The highest BCUT2D eigenvalue weighted by Crippen LogP contribution is 2.24. The maximum Gasteiger partial charge on any atom is 0.255 e. The molecule has 134 valence electrons. The van der Waals surface area contributed by atoms with Crippen LogP contribution in [0.1, 0.15) is 27.4 Å². The number of halogens is 1. The molecule has 0 saturated heterocycles. The van der Waals surface area contributed by atoms with E-state index in [4.69, 9.17) is 16.0 Å². The summed E-state index contributed by atoms with van der Waals surface area (Å²) in [5.74, 6) is 0.405. The maximum atomic E-state index is 12.6. The predicted molar refractivity (Wildman–Crippen MR) is 107 cm³/mol. The second-order valence-electron chi connectivity index (χ2n) is 6.32. The van der Waals surface area contributed by atoms with Gasteiger partial charge in [-0.2, -0.15) is 0 Å². The number of anilines is 1. The van der Waals surface area contributed by atoms with Gasteiger partial charge in [0.05, 0.1) is 0 Å². The molecule has 3 aromatic carbocycles. The Kier molecular flexibility index (Phi) is 4.65. The molecule has 0 saturated carbocycles. The summed E-state index contributed by atoms with van der Waals surface area (Å²) in [6.45, 7) is 1.87. The van der Waals surface area contributed by atoms with Crippen molar-refractivity contribution in [2.24, 2.45) is 0 Å². The van der Waals surface area contributed by atoms with Gasteiger partial charge in [-0.25, -0.2) is 4.98 Å². The Morgan fingerprint density at radius 3 is 2.70 bits per heavy atom. The minimum Gasteiger partial charge on any atom is -0.440 e. The van der Waals surface area contributed by atoms with Crippen molar-refractivity contribution in [1.29, 1.82) is 0 Å². The van der Waals surface area contributed by atoms with Crippen LogP contribution in [0.3, 0.4) is 0 Å². The second-order valence-corrected chi connectivity index (χ2v) is 6.73. The SMILES string of the molecule is Cc1c(Cl)cccc1NC(=O)c1ccc2nc(Cc3ccccc3)oc2c1. The van der Waals surface area contributed by atoms with Gasteiger partial charge in [-0.05, 0) is 48.4 Å². The van der Waals surface area contributed by atoms with Crippen LogP contribution in [0, 0.1) is 6.92 Å². The third-order valence-electron chi connectivity index (χ3n) is 4.41. The Morgan fingerprint density at radius 2 is 1.89 bits per heavy atom. The fourth-order valence-electron chi connectivity index (χ4n) is 2.90. The van der Waals surface area contributed by atoms with Crippen LogP contribution in [0.25, 0.3) is 11.1 Å². The van der Waals surface area contributed by atoms with Gasteiger partial charge in [0.2, 0.25) is 0 Å². The van der Waals surface area contributed by atoms with Crippen molar-refractivity contribution >= 4 is 34.3 Å². The number of benzene rings is 3. The molecular weight excluding hydrogens is 360 g/mol. The fraction of sp³-hybridized carbons (Fsp3) is 0.0909. The van der Waals surface area contributed by atoms with E-state index in [0.717, 1.165) is 16.6 Å². The maximum absolute atomic E-state index is 12.6. The molecule has 4 rings (SSSR count). The van der Waals surface area contributed by atoms with Gasteiger partial charge in [0, 0.05) is 22.7 Å². The molecule has 0 spiro atoms. The number of oxazole rings is 1. The van der Waals surface area contributed by atoms with Crippen LogP contribution >= 0.6 is 11.6 Å². The van der Waals surface area contributed by atoms with Crippen molar-refractivity contribution in [1.82, 2.24) is 4.98 Å². The van der Waals surface area contributed by atoms with Crippen molar-refractivity contribution in [3.63, 3.8) is 0 Å². The molecule has 0 aliphatic carbocycles. The van der Waals surface area contributed by atoms with Crippen LogP contribution in [-0.4, -0.2) is 10.9 Å². The lowest BCUT2D eigenvalue weighted by molar-refractivity contribution is 0.102. The Morgan fingerprint density at radius 1 is 1.07 bits per heavy atom. The number of rotatable bonds is 4. The van der Waals surface area contributed by atoms with Crippen LogP contribution in [-0.2, 0) is 6.42 Å². The van der Waals surface area contributed by atoms with E-state index in [2.05, 4.69) is 10.3 Å². The first-order chi connectivity index (χ1) is 13.1. The molecule has 0 atom stereocenters. The number of nitrogens with zero attached hydrogens (tertiary/aromatic N) is 1. The summed E-state index contributed by atoms with van der Waals surface area (Å²) in [5.41, 5.74) is 4.48. The molecule has 1 amide bonds. The second kappa shape index (κ2) is 7.25. The van der Waals surface area contributed by atoms with Gasteiger partial charge in [-0.3, -0.25) is 4.79 Å². The van der Waals surface area contributed by atoms with Gasteiger partial charge in [-0.1, -0.05) is 48.0 Å². The molecule has 0 fully saturated rings. The first-order valence-electron chi connectivity index (χ1n) is 8.60. The van der Waals surface area contributed by atoms with E-state index in [-0.39, 0.29) is 5.91 Å². The smallest absolute Gasteiger partial charge is 0.255 e. The van der Waals surface area contributed by atoms with Crippen LogP contribution in [0.2, 0.25) is 5.02 Å². The van der Waals surface area contributed by atoms with Gasteiger partial charge in [0.25, 0.3) is 5.91 Å². The molecule has 27 heavy (non-hydrogen) atoms. The van der Waals surface area contributed by atoms with Gasteiger partial charge in [0.15, 0.2) is 11.5 Å². The summed E-state index contributed by atoms with van der Waals surface area (Å²) in [7, 11) is 0. The zero-order valence-corrected chi connectivity index (χ0v) is 15.5. The molecule has 5 heteroatoms. The number of carbonyl (C=O) groups is 1. The summed E-state index contributed by atoms with van der Waals surface area (Å²) in [4.78, 5) is 17.1. The third-order valence-corrected chi connectivity index (χ3v) is 4.82. The number of nitrogens with one attached hydrogen (secondary N) is 1. The molecule has 4 nitrogen and oxygen atoms in total. The molecule has 0 aliphatic heterocycles. The molecule has 0 bridgehead atoms. The Hall–Kier alpha value is -3.11. The predicted octanol–water partition coefficient (Wildman–Crippen LogP) is 5.63. The molecule has 1 heterocycles. The van der Waals surface area contributed by atoms with Gasteiger partial charge in [-0.15, -0.1) is 0 Å². The minimum atomic E-state index is -0.219. The topological polar surface area (TPSA) is 55.1 Å². The van der Waals surface area contributed by atoms with E-state index in [1.54, 1.807) is 30.3 Å². The normalized spacial score (nSPS) is 10.9. The summed E-state index contributed by atoms with van der Waals surface area (Å²) in [5, 5.41) is 3.51. The first-order valence-corrected chi connectivity index (χ1v) is 8.98. The van der Waals surface area contributed by atoms with Crippen LogP contribution in [0.4, 0.5) is 5.69 Å². The highest BCUT2D eigenvalue weighted by Gasteiger charge is 2.13. The fourth-order valence-corrected chi connectivity index (χ4v) is 3.07. The summed E-state index contributed by atoms with van der Waals surface area (Å²) >= 11 is 6.12. The van der Waals surface area contributed by atoms with E-state index in [0.29, 0.717) is 34.2 Å². The first kappa shape index (κ1) is 17.3. The summed E-state index contributed by atoms with van der Waals surface area (Å²) in [6.07, 6.45) is 0.610. The average molecular weight is 377 g/mol. The van der Waals surface area contributed by atoms with E-state index in [9.17, 15) is 4.79 Å². The van der Waals surface area contributed by atoms with Crippen molar-refractivity contribution in [3.8, 4) is 0 Å². The minimum absolute atomic E-state index is 0.219. The zero-order valence-electron chi connectivity index (χ0n) is 14.7. The number of fused-ring (bicyclic) bond motifs is 1. The molecule has 0 unspecified atom stereocenters. The number of hydrogen-bond acceptors (Lipinski definition) is 3. The van der Waals surface area contributed by atoms with Crippen LogP contribution in [0.5, 0.6) is 0 Å². The highest BCUT2D eigenvalue weighted by atomic mass is 35.5. The molecule has 1 aromatic heterocycles. The van der Waals surface area contributed by atoms with E-state index >= 15 is 0 Å². The molecule has 0 radical (unpaired) electrons. The third kappa shape index (κ3) is 3.71. The largest absolute Gasteiger partial charge is 0.440 e. The van der Waals surface area contributed by atoms with E-state index in [1.807, 2.05) is 43.3 Å². The van der Waals surface area contributed by atoms with Gasteiger partial charge in [0.1, 0.15) is 5.52 Å². The van der Waals surface area contributed by atoms with Crippen LogP contribution < -0.4 is 5.32 Å². The molecule has 0 aliphatic rings. The number of amides is 1. The summed E-state index contributed by atoms with van der Waals surface area (Å²) < 4.78 is 5.84. The molecule has 1 N–H and O–H groups in total. The van der Waals surface area contributed by atoms with Crippen molar-refractivity contribution in [2.45, 2.75) is 13.3 Å². The monoisotopic (exact) mass is 376 g/mol. The lowest BCUT2D eigenvalue weighted by Crippen LogP contribution is -2.12. The lowest BCUT2D eigenvalue weighted by Gasteiger charge is -2.09. The average Bonchev–Trinajstić information content (AvgIpc) is 3.07. The van der Waals surface area contributed by atoms with Crippen molar-refractivity contribution in [2.75, 3.05) is 5.32 Å².